The first-order chi connectivity index (χ1) is 10.8. The number of hydrogen-bond donors (Lipinski definition) is 1. The van der Waals surface area contributed by atoms with Crippen LogP contribution >= 0.6 is 0 Å². The molecule has 1 aliphatic heterocycles. The number of nitrogens with one attached hydrogen (secondary N) is 1. The van der Waals surface area contributed by atoms with Gasteiger partial charge in [0.15, 0.2) is 0 Å². The third-order valence-electron chi connectivity index (χ3n) is 5.01. The Hall–Kier alpha value is -1.10. The Morgan fingerprint density at radius 1 is 1.00 bits per heavy atom. The molecule has 1 unspecified atom stereocenters. The Morgan fingerprint density at radius 3 is 2.09 bits per heavy atom. The van der Waals surface area contributed by atoms with Crippen LogP contribution < -0.4 is 5.32 Å². The van der Waals surface area contributed by atoms with Crippen molar-refractivity contribution >= 4 is 11.8 Å². The van der Waals surface area contributed by atoms with Crippen LogP contribution in [-0.2, 0) is 9.59 Å². The van der Waals surface area contributed by atoms with Gasteiger partial charge in [-0.05, 0) is 40.5 Å². The highest BCUT2D eigenvalue weighted by atomic mass is 16.2. The number of nitrogens with zero attached hydrogens (tertiary/aromatic N) is 2. The molecule has 1 heterocycles. The van der Waals surface area contributed by atoms with E-state index < -0.39 is 0 Å². The Balaban J connectivity index is 1.81. The molecule has 5 heteroatoms. The number of piperazine rings is 1. The second-order valence-corrected chi connectivity index (χ2v) is 8.11. The highest BCUT2D eigenvalue weighted by Crippen LogP contribution is 2.26. The first kappa shape index (κ1) is 18.2. The van der Waals surface area contributed by atoms with E-state index in [1.807, 2.05) is 32.6 Å². The predicted octanol–water partition coefficient (Wildman–Crippen LogP) is 2.01. The van der Waals surface area contributed by atoms with E-state index in [2.05, 4.69) is 10.2 Å². The van der Waals surface area contributed by atoms with Crippen LogP contribution in [0.2, 0.25) is 0 Å². The molecule has 1 N–H and O–H groups in total. The molecule has 0 aromatic carbocycles. The molecule has 0 aromatic rings. The minimum Gasteiger partial charge on any atom is -0.350 e. The lowest BCUT2D eigenvalue weighted by atomic mass is 9.88. The fourth-order valence-corrected chi connectivity index (χ4v) is 3.58. The normalized spacial score (nSPS) is 22.7. The van der Waals surface area contributed by atoms with Crippen molar-refractivity contribution in [1.82, 2.24) is 15.1 Å². The Morgan fingerprint density at radius 2 is 1.57 bits per heavy atom. The number of rotatable bonds is 3. The van der Waals surface area contributed by atoms with E-state index in [1.54, 1.807) is 0 Å². The molecular formula is C18H33N3O2. The average Bonchev–Trinajstić information content (AvgIpc) is 2.53. The van der Waals surface area contributed by atoms with Gasteiger partial charge in [0.1, 0.15) is 0 Å². The van der Waals surface area contributed by atoms with Crippen LogP contribution in [0.3, 0.4) is 0 Å². The smallest absolute Gasteiger partial charge is 0.237 e. The van der Waals surface area contributed by atoms with Gasteiger partial charge in [0.2, 0.25) is 11.8 Å². The van der Waals surface area contributed by atoms with E-state index in [0.717, 1.165) is 39.0 Å². The summed E-state index contributed by atoms with van der Waals surface area (Å²) in [6, 6.07) is -0.138. The molecule has 0 bridgehead atoms. The van der Waals surface area contributed by atoms with E-state index in [4.69, 9.17) is 0 Å². The van der Waals surface area contributed by atoms with Crippen molar-refractivity contribution in [3.05, 3.63) is 0 Å². The Kier molecular flexibility index (Phi) is 6.06. The topological polar surface area (TPSA) is 52.7 Å². The molecule has 1 aliphatic carbocycles. The minimum absolute atomic E-state index is 0.0737. The van der Waals surface area contributed by atoms with Crippen LogP contribution in [0.4, 0.5) is 0 Å². The fourth-order valence-electron chi connectivity index (χ4n) is 3.58. The summed E-state index contributed by atoms with van der Waals surface area (Å²) in [5, 5.41) is 3.04. The van der Waals surface area contributed by atoms with Gasteiger partial charge in [-0.15, -0.1) is 0 Å². The van der Waals surface area contributed by atoms with E-state index in [1.165, 1.54) is 19.3 Å². The maximum Gasteiger partial charge on any atom is 0.237 e. The molecule has 132 valence electrons. The largest absolute Gasteiger partial charge is 0.350 e. The molecule has 1 saturated carbocycles. The Bertz CT molecular complexity index is 416. The van der Waals surface area contributed by atoms with Crippen molar-refractivity contribution in [3.63, 3.8) is 0 Å². The van der Waals surface area contributed by atoms with Gasteiger partial charge in [-0.3, -0.25) is 14.5 Å². The van der Waals surface area contributed by atoms with Crippen molar-refractivity contribution in [2.24, 2.45) is 5.92 Å². The van der Waals surface area contributed by atoms with E-state index in [-0.39, 0.29) is 23.4 Å². The molecule has 2 amide bonds. The fraction of sp³-hybridized carbons (Fsp3) is 0.889. The molecule has 2 rings (SSSR count). The zero-order valence-electron chi connectivity index (χ0n) is 15.2. The van der Waals surface area contributed by atoms with Gasteiger partial charge in [-0.1, -0.05) is 19.3 Å². The van der Waals surface area contributed by atoms with E-state index in [0.29, 0.717) is 5.91 Å². The molecular weight excluding hydrogens is 290 g/mol. The van der Waals surface area contributed by atoms with Crippen molar-refractivity contribution in [2.45, 2.75) is 71.4 Å². The van der Waals surface area contributed by atoms with Crippen LogP contribution in [0.1, 0.15) is 59.8 Å². The molecule has 0 aromatic heterocycles. The maximum atomic E-state index is 12.6. The summed E-state index contributed by atoms with van der Waals surface area (Å²) in [4.78, 5) is 29.1. The lowest BCUT2D eigenvalue weighted by Gasteiger charge is -2.39. The van der Waals surface area contributed by atoms with E-state index >= 15 is 0 Å². The SMILES string of the molecule is CC(C(=O)NC(C)(C)C)N1CCN(C(=O)C2CCCCC2)CC1. The van der Waals surface area contributed by atoms with Crippen molar-refractivity contribution in [2.75, 3.05) is 26.2 Å². The summed E-state index contributed by atoms with van der Waals surface area (Å²) >= 11 is 0. The standard InChI is InChI=1S/C18H33N3O2/c1-14(16(22)19-18(2,3)4)20-10-12-21(13-11-20)17(23)15-8-6-5-7-9-15/h14-15H,5-13H2,1-4H3,(H,19,22). The maximum absolute atomic E-state index is 12.6. The molecule has 1 saturated heterocycles. The zero-order chi connectivity index (χ0) is 17.0. The van der Waals surface area contributed by atoms with Crippen molar-refractivity contribution < 1.29 is 9.59 Å². The third kappa shape index (κ3) is 5.20. The average molecular weight is 323 g/mol. The summed E-state index contributed by atoms with van der Waals surface area (Å²) in [5.41, 5.74) is -0.204. The summed E-state index contributed by atoms with van der Waals surface area (Å²) in [6.07, 6.45) is 5.78. The van der Waals surface area contributed by atoms with Crippen LogP contribution in [0.5, 0.6) is 0 Å². The molecule has 2 aliphatic rings. The van der Waals surface area contributed by atoms with Gasteiger partial charge in [0, 0.05) is 37.6 Å². The summed E-state index contributed by atoms with van der Waals surface area (Å²) in [7, 11) is 0. The molecule has 5 nitrogen and oxygen atoms in total. The Labute approximate surface area is 140 Å². The van der Waals surface area contributed by atoms with Crippen LogP contribution in [0, 0.1) is 5.92 Å². The summed E-state index contributed by atoms with van der Waals surface area (Å²) in [5.74, 6) is 0.664. The monoisotopic (exact) mass is 323 g/mol. The molecule has 2 fully saturated rings. The van der Waals surface area contributed by atoms with Gasteiger partial charge in [0.25, 0.3) is 0 Å². The first-order valence-corrected chi connectivity index (χ1v) is 9.13. The molecule has 0 radical (unpaired) electrons. The van der Waals surface area contributed by atoms with Crippen molar-refractivity contribution in [1.29, 1.82) is 0 Å². The second kappa shape index (κ2) is 7.65. The molecule has 1 atom stereocenters. The number of hydrogen-bond acceptors (Lipinski definition) is 3. The van der Waals surface area contributed by atoms with E-state index in [9.17, 15) is 9.59 Å². The van der Waals surface area contributed by atoms with Gasteiger partial charge in [-0.25, -0.2) is 0 Å². The minimum atomic E-state index is -0.204. The van der Waals surface area contributed by atoms with Crippen LogP contribution in [-0.4, -0.2) is 59.4 Å². The highest BCUT2D eigenvalue weighted by Gasteiger charge is 2.31. The third-order valence-corrected chi connectivity index (χ3v) is 5.01. The zero-order valence-corrected chi connectivity index (χ0v) is 15.2. The molecule has 0 spiro atoms. The predicted molar refractivity (Wildman–Crippen MR) is 92.1 cm³/mol. The number of amides is 2. The van der Waals surface area contributed by atoms with Crippen LogP contribution in [0.25, 0.3) is 0 Å². The quantitative estimate of drug-likeness (QED) is 0.864. The van der Waals surface area contributed by atoms with Gasteiger partial charge in [0.05, 0.1) is 6.04 Å². The van der Waals surface area contributed by atoms with Crippen molar-refractivity contribution in [3.8, 4) is 0 Å². The second-order valence-electron chi connectivity index (χ2n) is 8.11. The van der Waals surface area contributed by atoms with Gasteiger partial charge < -0.3 is 10.2 Å². The number of carbonyl (C=O) groups excluding carboxylic acids is 2. The van der Waals surface area contributed by atoms with Gasteiger partial charge >= 0.3 is 0 Å². The number of carbonyl (C=O) groups is 2. The lowest BCUT2D eigenvalue weighted by Crippen LogP contribution is -2.57. The lowest BCUT2D eigenvalue weighted by molar-refractivity contribution is -0.139. The summed E-state index contributed by atoms with van der Waals surface area (Å²) < 4.78 is 0. The van der Waals surface area contributed by atoms with Gasteiger partial charge in [-0.2, -0.15) is 0 Å². The molecule has 23 heavy (non-hydrogen) atoms. The first-order valence-electron chi connectivity index (χ1n) is 9.13. The summed E-state index contributed by atoms with van der Waals surface area (Å²) in [6.45, 7) is 11.0. The highest BCUT2D eigenvalue weighted by molar-refractivity contribution is 5.82. The van der Waals surface area contributed by atoms with Crippen LogP contribution in [0.15, 0.2) is 0 Å².